The number of H-pyrrole nitrogens is 1. The van der Waals surface area contributed by atoms with Gasteiger partial charge in [0.05, 0.1) is 20.6 Å². The molecule has 5 nitrogen and oxygen atoms in total. The topological polar surface area (TPSA) is 63.3 Å². The zero-order valence-electron chi connectivity index (χ0n) is 15.7. The highest BCUT2D eigenvalue weighted by Gasteiger charge is 2.13. The summed E-state index contributed by atoms with van der Waals surface area (Å²) in [4.78, 5) is 15.7. The molecule has 0 aliphatic heterocycles. The van der Waals surface area contributed by atoms with Crippen LogP contribution in [0.25, 0.3) is 10.9 Å². The minimum Gasteiger partial charge on any atom is -0.493 e. The molecule has 6 heteroatoms. The van der Waals surface area contributed by atoms with Gasteiger partial charge in [0.15, 0.2) is 11.5 Å². The van der Waals surface area contributed by atoms with Gasteiger partial charge in [-0.25, -0.2) is 0 Å². The van der Waals surface area contributed by atoms with Crippen molar-refractivity contribution in [3.63, 3.8) is 0 Å². The van der Waals surface area contributed by atoms with E-state index in [1.807, 2.05) is 43.3 Å². The fourth-order valence-electron chi connectivity index (χ4n) is 3.19. The van der Waals surface area contributed by atoms with Gasteiger partial charge in [-0.05, 0) is 54.8 Å². The van der Waals surface area contributed by atoms with Crippen LogP contribution in [0.4, 0.5) is 0 Å². The second-order valence-electron chi connectivity index (χ2n) is 6.38. The first kappa shape index (κ1) is 19.1. The molecular weight excluding hydrogens is 364 g/mol. The Bertz CT molecular complexity index is 965. The molecule has 0 unspecified atom stereocenters. The van der Waals surface area contributed by atoms with Gasteiger partial charge in [-0.3, -0.25) is 4.79 Å². The molecule has 0 spiro atoms. The van der Waals surface area contributed by atoms with Crippen molar-refractivity contribution < 1.29 is 14.3 Å². The third-order valence-electron chi connectivity index (χ3n) is 4.60. The van der Waals surface area contributed by atoms with Crippen LogP contribution in [0.1, 0.15) is 16.8 Å². The van der Waals surface area contributed by atoms with Crippen molar-refractivity contribution in [3.05, 3.63) is 58.2 Å². The van der Waals surface area contributed by atoms with Crippen molar-refractivity contribution >= 4 is 28.4 Å². The Morgan fingerprint density at radius 3 is 2.63 bits per heavy atom. The predicted octanol–water partition coefficient (Wildman–Crippen LogP) is 4.05. The average molecular weight is 387 g/mol. The third kappa shape index (κ3) is 4.37. The van der Waals surface area contributed by atoms with Crippen molar-refractivity contribution in [2.75, 3.05) is 20.8 Å². The number of nitrogens with one attached hydrogen (secondary N) is 2. The van der Waals surface area contributed by atoms with Gasteiger partial charge in [0.1, 0.15) is 0 Å². The van der Waals surface area contributed by atoms with E-state index >= 15 is 0 Å². The van der Waals surface area contributed by atoms with Crippen LogP contribution in [0.3, 0.4) is 0 Å². The molecule has 2 N–H and O–H groups in total. The summed E-state index contributed by atoms with van der Waals surface area (Å²) in [7, 11) is 3.22. The minimum atomic E-state index is -0.0144. The summed E-state index contributed by atoms with van der Waals surface area (Å²) in [6.07, 6.45) is 1.03. The zero-order valence-corrected chi connectivity index (χ0v) is 16.4. The molecule has 0 bridgehead atoms. The smallest absolute Gasteiger partial charge is 0.224 e. The van der Waals surface area contributed by atoms with Crippen molar-refractivity contribution in [3.8, 4) is 11.5 Å². The number of benzene rings is 2. The standard InChI is InChI=1S/C21H23ClN2O3/c1-13-16(17-11-15(22)5-6-18(17)24-13)12-21(25)23-9-8-14-4-7-19(26-2)20(10-14)27-3/h4-7,10-11,24H,8-9,12H2,1-3H3,(H,23,25). The predicted molar refractivity (Wildman–Crippen MR) is 108 cm³/mol. The first-order chi connectivity index (χ1) is 13.0. The fraction of sp³-hybridized carbons (Fsp3) is 0.286. The van der Waals surface area contributed by atoms with E-state index in [0.717, 1.165) is 27.7 Å². The van der Waals surface area contributed by atoms with Crippen LogP contribution in [0.15, 0.2) is 36.4 Å². The van der Waals surface area contributed by atoms with Gasteiger partial charge in [-0.15, -0.1) is 0 Å². The lowest BCUT2D eigenvalue weighted by atomic mass is 10.1. The van der Waals surface area contributed by atoms with Crippen LogP contribution >= 0.6 is 11.6 Å². The fourth-order valence-corrected chi connectivity index (χ4v) is 3.36. The molecule has 1 aromatic heterocycles. The molecule has 0 aliphatic rings. The van der Waals surface area contributed by atoms with Gasteiger partial charge in [-0.1, -0.05) is 17.7 Å². The van der Waals surface area contributed by atoms with Crippen molar-refractivity contribution in [1.82, 2.24) is 10.3 Å². The van der Waals surface area contributed by atoms with Gasteiger partial charge < -0.3 is 19.8 Å². The van der Waals surface area contributed by atoms with Crippen molar-refractivity contribution in [2.24, 2.45) is 0 Å². The van der Waals surface area contributed by atoms with Crippen LogP contribution in [-0.2, 0) is 17.6 Å². The molecule has 3 rings (SSSR count). The quantitative estimate of drug-likeness (QED) is 0.644. The van der Waals surface area contributed by atoms with E-state index in [-0.39, 0.29) is 5.91 Å². The van der Waals surface area contributed by atoms with E-state index < -0.39 is 0 Å². The molecule has 2 aromatic carbocycles. The van der Waals surface area contributed by atoms with Crippen LogP contribution in [0, 0.1) is 6.92 Å². The third-order valence-corrected chi connectivity index (χ3v) is 4.84. The summed E-state index contributed by atoms with van der Waals surface area (Å²) in [6, 6.07) is 11.4. The van der Waals surface area contributed by atoms with Gasteiger partial charge in [0.2, 0.25) is 5.91 Å². The number of amides is 1. The lowest BCUT2D eigenvalue weighted by Crippen LogP contribution is -2.27. The van der Waals surface area contributed by atoms with E-state index in [1.165, 1.54) is 0 Å². The number of halogens is 1. The average Bonchev–Trinajstić information content (AvgIpc) is 2.96. The Morgan fingerprint density at radius 1 is 1.11 bits per heavy atom. The van der Waals surface area contributed by atoms with Gasteiger partial charge in [0.25, 0.3) is 0 Å². The number of carbonyl (C=O) groups excluding carboxylic acids is 1. The number of aromatic amines is 1. The highest BCUT2D eigenvalue weighted by molar-refractivity contribution is 6.31. The number of hydrogen-bond acceptors (Lipinski definition) is 3. The minimum absolute atomic E-state index is 0.0144. The largest absolute Gasteiger partial charge is 0.493 e. The number of methoxy groups -OCH3 is 2. The van der Waals surface area contributed by atoms with Crippen molar-refractivity contribution in [1.29, 1.82) is 0 Å². The number of fused-ring (bicyclic) bond motifs is 1. The maximum absolute atomic E-state index is 12.4. The normalized spacial score (nSPS) is 10.8. The van der Waals surface area contributed by atoms with Gasteiger partial charge in [0, 0.05) is 28.2 Å². The molecule has 0 saturated carbocycles. The van der Waals surface area contributed by atoms with E-state index in [2.05, 4.69) is 10.3 Å². The molecule has 0 saturated heterocycles. The number of rotatable bonds is 7. The number of aryl methyl sites for hydroxylation is 1. The first-order valence-corrected chi connectivity index (χ1v) is 9.14. The zero-order chi connectivity index (χ0) is 19.4. The maximum Gasteiger partial charge on any atom is 0.224 e. The summed E-state index contributed by atoms with van der Waals surface area (Å²) >= 11 is 6.10. The monoisotopic (exact) mass is 386 g/mol. The number of aromatic nitrogens is 1. The molecule has 1 heterocycles. The summed E-state index contributed by atoms with van der Waals surface area (Å²) in [5.41, 5.74) is 4.03. The molecule has 0 fully saturated rings. The summed E-state index contributed by atoms with van der Waals surface area (Å²) in [6.45, 7) is 2.52. The molecule has 0 aliphatic carbocycles. The second kappa shape index (κ2) is 8.35. The van der Waals surface area contributed by atoms with E-state index in [1.54, 1.807) is 14.2 Å². The first-order valence-electron chi connectivity index (χ1n) is 8.76. The highest BCUT2D eigenvalue weighted by Crippen LogP contribution is 2.28. The summed E-state index contributed by atoms with van der Waals surface area (Å²) in [5.74, 6) is 1.37. The van der Waals surface area contributed by atoms with Crippen LogP contribution < -0.4 is 14.8 Å². The number of ether oxygens (including phenoxy) is 2. The Balaban J connectivity index is 1.61. The molecule has 0 atom stereocenters. The van der Waals surface area contributed by atoms with Gasteiger partial charge in [-0.2, -0.15) is 0 Å². The lowest BCUT2D eigenvalue weighted by Gasteiger charge is -2.10. The lowest BCUT2D eigenvalue weighted by molar-refractivity contribution is -0.120. The Morgan fingerprint density at radius 2 is 1.89 bits per heavy atom. The molecule has 0 radical (unpaired) electrons. The summed E-state index contributed by atoms with van der Waals surface area (Å²) in [5, 5.41) is 4.64. The second-order valence-corrected chi connectivity index (χ2v) is 6.82. The Hall–Kier alpha value is -2.66. The maximum atomic E-state index is 12.4. The number of carbonyl (C=O) groups is 1. The number of hydrogen-bond donors (Lipinski definition) is 2. The summed E-state index contributed by atoms with van der Waals surface area (Å²) < 4.78 is 10.6. The van der Waals surface area contributed by atoms with Crippen molar-refractivity contribution in [2.45, 2.75) is 19.8 Å². The van der Waals surface area contributed by atoms with E-state index in [0.29, 0.717) is 35.9 Å². The Labute approximate surface area is 163 Å². The van der Waals surface area contributed by atoms with E-state index in [4.69, 9.17) is 21.1 Å². The molecule has 27 heavy (non-hydrogen) atoms. The van der Waals surface area contributed by atoms with E-state index in [9.17, 15) is 4.79 Å². The Kier molecular flexibility index (Phi) is 5.91. The molecule has 1 amide bonds. The van der Waals surface area contributed by atoms with Crippen LogP contribution in [0.2, 0.25) is 5.02 Å². The SMILES string of the molecule is COc1ccc(CCNC(=O)Cc2c(C)[nH]c3ccc(Cl)cc23)cc1OC. The molecular formula is C21H23ClN2O3. The van der Waals surface area contributed by atoms with Gasteiger partial charge >= 0.3 is 0 Å². The highest BCUT2D eigenvalue weighted by atomic mass is 35.5. The molecule has 3 aromatic rings. The van der Waals surface area contributed by atoms with Crippen LogP contribution in [-0.4, -0.2) is 31.7 Å². The van der Waals surface area contributed by atoms with Crippen LogP contribution in [0.5, 0.6) is 11.5 Å². The molecule has 142 valence electrons.